The predicted octanol–water partition coefficient (Wildman–Crippen LogP) is 1.94. The van der Waals surface area contributed by atoms with E-state index in [4.69, 9.17) is 15.3 Å². The fourth-order valence-electron chi connectivity index (χ4n) is 1.80. The second-order valence-corrected chi connectivity index (χ2v) is 6.84. The summed E-state index contributed by atoms with van der Waals surface area (Å²) >= 11 is 2.07. The average Bonchev–Trinajstić information content (AvgIpc) is 2.80. The van der Waals surface area contributed by atoms with Gasteiger partial charge < -0.3 is 15.3 Å². The molecule has 0 fully saturated rings. The quantitative estimate of drug-likeness (QED) is 0.653. The highest BCUT2D eigenvalue weighted by Gasteiger charge is 2.24. The molecule has 2 aromatic rings. The minimum atomic E-state index is -1.22. The molecule has 1 aromatic carbocycles. The van der Waals surface area contributed by atoms with Crippen molar-refractivity contribution in [2.75, 3.05) is 0 Å². The molecule has 9 heteroatoms. The van der Waals surface area contributed by atoms with Crippen LogP contribution in [0, 0.1) is 0 Å². The third-order valence-electron chi connectivity index (χ3n) is 2.70. The largest absolute Gasteiger partial charge is 0.481 e. The minimum absolute atomic E-state index is 0.178. The summed E-state index contributed by atoms with van der Waals surface area (Å²) in [6, 6.07) is 5.12. The van der Waals surface area contributed by atoms with E-state index < -0.39 is 29.6 Å². The summed E-state index contributed by atoms with van der Waals surface area (Å²) < 4.78 is 1.14. The van der Waals surface area contributed by atoms with Crippen LogP contribution in [0.15, 0.2) is 22.5 Å². The number of rotatable bonds is 7. The van der Waals surface area contributed by atoms with Gasteiger partial charge in [0.1, 0.15) is 5.25 Å². The molecule has 0 aliphatic rings. The van der Waals surface area contributed by atoms with Gasteiger partial charge in [-0.3, -0.25) is 14.4 Å². The fourth-order valence-corrected chi connectivity index (χ4v) is 4.07. The summed E-state index contributed by atoms with van der Waals surface area (Å²) in [5.41, 5.74) is 1.05. The highest BCUT2D eigenvalue weighted by molar-refractivity contribution is 8.02. The van der Waals surface area contributed by atoms with Crippen molar-refractivity contribution in [3.63, 3.8) is 0 Å². The number of benzene rings is 1. The number of thioether (sulfide) groups is 1. The molecule has 0 spiro atoms. The molecule has 2 rings (SSSR count). The van der Waals surface area contributed by atoms with Crippen LogP contribution in [0.25, 0.3) is 10.2 Å². The first kappa shape index (κ1) is 16.2. The molecule has 7 nitrogen and oxygen atoms in total. The number of hydrogen-bond donors (Lipinski definition) is 3. The second-order valence-electron chi connectivity index (χ2n) is 4.36. The summed E-state index contributed by atoms with van der Waals surface area (Å²) in [7, 11) is 0. The smallest absolute Gasteiger partial charge is 0.317 e. The van der Waals surface area contributed by atoms with E-state index >= 15 is 0 Å². The van der Waals surface area contributed by atoms with Gasteiger partial charge in [0.25, 0.3) is 0 Å². The summed E-state index contributed by atoms with van der Waals surface area (Å²) in [5.74, 6) is -3.41. The Balaban J connectivity index is 2.30. The van der Waals surface area contributed by atoms with Crippen LogP contribution in [0.4, 0.5) is 0 Å². The van der Waals surface area contributed by atoms with Crippen LogP contribution >= 0.6 is 23.1 Å². The van der Waals surface area contributed by atoms with Crippen LogP contribution in [0.2, 0.25) is 0 Å². The molecule has 0 bridgehead atoms. The Kier molecular flexibility index (Phi) is 4.99. The van der Waals surface area contributed by atoms with Gasteiger partial charge in [-0.2, -0.15) is 0 Å². The van der Waals surface area contributed by atoms with Crippen LogP contribution < -0.4 is 0 Å². The summed E-state index contributed by atoms with van der Waals surface area (Å²) in [6.07, 6.45) is -0.694. The van der Waals surface area contributed by atoms with Gasteiger partial charge >= 0.3 is 17.9 Å². The Bertz CT molecular complexity index is 741. The Morgan fingerprint density at radius 3 is 2.50 bits per heavy atom. The first-order valence-electron chi connectivity index (χ1n) is 6.08. The monoisotopic (exact) mass is 341 g/mol. The zero-order valence-electron chi connectivity index (χ0n) is 11.1. The van der Waals surface area contributed by atoms with Crippen molar-refractivity contribution in [2.45, 2.75) is 22.4 Å². The van der Waals surface area contributed by atoms with Crippen molar-refractivity contribution in [3.8, 4) is 0 Å². The molecule has 1 atom stereocenters. The van der Waals surface area contributed by atoms with Crippen LogP contribution in [0.5, 0.6) is 0 Å². The Labute approximate surface area is 132 Å². The lowest BCUT2D eigenvalue weighted by Gasteiger charge is -2.06. The highest BCUT2D eigenvalue weighted by Crippen LogP contribution is 2.34. The number of para-hydroxylation sites is 1. The average molecular weight is 341 g/mol. The molecule has 0 saturated carbocycles. The minimum Gasteiger partial charge on any atom is -0.481 e. The number of carboxylic acid groups (broad SMARTS) is 3. The number of hydrogen-bond acceptors (Lipinski definition) is 6. The SMILES string of the molecule is O=C(O)Cc1cccc2sc(SC(CC(=O)O)C(=O)O)nc12. The van der Waals surface area contributed by atoms with Crippen molar-refractivity contribution in [3.05, 3.63) is 23.8 Å². The van der Waals surface area contributed by atoms with E-state index in [1.807, 2.05) is 0 Å². The van der Waals surface area contributed by atoms with Gasteiger partial charge in [-0.25, -0.2) is 4.98 Å². The van der Waals surface area contributed by atoms with Gasteiger partial charge in [0.05, 0.1) is 23.1 Å². The third-order valence-corrected chi connectivity index (χ3v) is 5.00. The lowest BCUT2D eigenvalue weighted by atomic mass is 10.1. The van der Waals surface area contributed by atoms with E-state index in [-0.39, 0.29) is 6.42 Å². The van der Waals surface area contributed by atoms with Crippen molar-refractivity contribution >= 4 is 51.2 Å². The maximum absolute atomic E-state index is 11.1. The second kappa shape index (κ2) is 6.75. The summed E-state index contributed by atoms with van der Waals surface area (Å²) in [6.45, 7) is 0. The molecule has 1 heterocycles. The van der Waals surface area contributed by atoms with Crippen LogP contribution in [-0.2, 0) is 20.8 Å². The van der Waals surface area contributed by atoms with Crippen molar-refractivity contribution in [2.24, 2.45) is 0 Å². The molecule has 116 valence electrons. The number of carbonyl (C=O) groups is 3. The van der Waals surface area contributed by atoms with Gasteiger partial charge in [0.15, 0.2) is 4.34 Å². The van der Waals surface area contributed by atoms with Crippen LogP contribution in [-0.4, -0.2) is 43.5 Å². The van der Waals surface area contributed by atoms with Crippen molar-refractivity contribution < 1.29 is 29.7 Å². The van der Waals surface area contributed by atoms with Gasteiger partial charge in [0, 0.05) is 0 Å². The lowest BCUT2D eigenvalue weighted by molar-refractivity contribution is -0.142. The van der Waals surface area contributed by atoms with Gasteiger partial charge in [0.2, 0.25) is 0 Å². The standard InChI is InChI=1S/C13H11NO6S2/c15-9(16)4-6-2-1-3-7-11(6)14-13(21-7)22-8(12(19)20)5-10(17)18/h1-3,8H,4-5H2,(H,15,16)(H,17,18)(H,19,20). The number of carboxylic acids is 3. The molecular weight excluding hydrogens is 330 g/mol. The number of thiazole rings is 1. The van der Waals surface area contributed by atoms with E-state index in [1.54, 1.807) is 18.2 Å². The van der Waals surface area contributed by atoms with Crippen LogP contribution in [0.1, 0.15) is 12.0 Å². The number of aliphatic carboxylic acids is 3. The Hall–Kier alpha value is -2.13. The van der Waals surface area contributed by atoms with E-state index in [2.05, 4.69) is 4.98 Å². The molecule has 0 amide bonds. The molecule has 0 saturated heterocycles. The van der Waals surface area contributed by atoms with Crippen molar-refractivity contribution in [1.29, 1.82) is 0 Å². The van der Waals surface area contributed by atoms with Gasteiger partial charge in [-0.15, -0.1) is 11.3 Å². The maximum atomic E-state index is 11.1. The lowest BCUT2D eigenvalue weighted by Crippen LogP contribution is -2.20. The molecular formula is C13H11NO6S2. The first-order valence-corrected chi connectivity index (χ1v) is 7.78. The fraction of sp³-hybridized carbons (Fsp3) is 0.231. The number of fused-ring (bicyclic) bond motifs is 1. The Morgan fingerprint density at radius 2 is 1.91 bits per heavy atom. The van der Waals surface area contributed by atoms with Gasteiger partial charge in [-0.05, 0) is 11.6 Å². The van der Waals surface area contributed by atoms with E-state index in [0.29, 0.717) is 15.4 Å². The molecule has 0 radical (unpaired) electrons. The third kappa shape index (κ3) is 3.95. The zero-order valence-corrected chi connectivity index (χ0v) is 12.7. The van der Waals surface area contributed by atoms with E-state index in [0.717, 1.165) is 16.5 Å². The molecule has 3 N–H and O–H groups in total. The van der Waals surface area contributed by atoms with E-state index in [1.165, 1.54) is 11.3 Å². The molecule has 0 aliphatic carbocycles. The molecule has 22 heavy (non-hydrogen) atoms. The zero-order chi connectivity index (χ0) is 16.3. The number of nitrogens with zero attached hydrogens (tertiary/aromatic N) is 1. The summed E-state index contributed by atoms with van der Waals surface area (Å²) in [5, 5.41) is 25.5. The maximum Gasteiger partial charge on any atom is 0.317 e. The molecule has 1 unspecified atom stereocenters. The molecule has 0 aliphatic heterocycles. The Morgan fingerprint density at radius 1 is 1.18 bits per heavy atom. The predicted molar refractivity (Wildman–Crippen MR) is 80.5 cm³/mol. The summed E-state index contributed by atoms with van der Waals surface area (Å²) in [4.78, 5) is 36.9. The normalized spacial score (nSPS) is 12.2. The van der Waals surface area contributed by atoms with Gasteiger partial charge in [-0.1, -0.05) is 23.9 Å². The van der Waals surface area contributed by atoms with Crippen molar-refractivity contribution in [1.82, 2.24) is 4.98 Å². The number of aromatic nitrogens is 1. The van der Waals surface area contributed by atoms with Crippen LogP contribution in [0.3, 0.4) is 0 Å². The molecule has 1 aromatic heterocycles. The highest BCUT2D eigenvalue weighted by atomic mass is 32.2. The topological polar surface area (TPSA) is 125 Å². The first-order chi connectivity index (χ1) is 10.4. The van der Waals surface area contributed by atoms with E-state index in [9.17, 15) is 14.4 Å².